The lowest BCUT2D eigenvalue weighted by atomic mass is 10.0. The van der Waals surface area contributed by atoms with E-state index in [0.717, 1.165) is 18.6 Å². The molecule has 220 valence electrons. The van der Waals surface area contributed by atoms with Gasteiger partial charge in [-0.2, -0.15) is 0 Å². The number of rotatable bonds is 9. The summed E-state index contributed by atoms with van der Waals surface area (Å²) >= 11 is 3.10. The molecule has 0 unspecified atom stereocenters. The minimum absolute atomic E-state index is 0.00135. The summed E-state index contributed by atoms with van der Waals surface area (Å²) in [6.45, 7) is 0.960. The van der Waals surface area contributed by atoms with Crippen molar-refractivity contribution in [1.82, 2.24) is 19.5 Å². The van der Waals surface area contributed by atoms with Crippen molar-refractivity contribution in [2.45, 2.75) is 32.1 Å². The number of halogens is 4. The van der Waals surface area contributed by atoms with Crippen molar-refractivity contribution in [3.05, 3.63) is 105 Å². The van der Waals surface area contributed by atoms with E-state index in [-0.39, 0.29) is 47.4 Å². The van der Waals surface area contributed by atoms with Crippen LogP contribution in [0.2, 0.25) is 0 Å². The number of aromatic nitrogens is 4. The lowest BCUT2D eigenvalue weighted by molar-refractivity contribution is -0.0589. The molecule has 4 heterocycles. The van der Waals surface area contributed by atoms with Crippen LogP contribution >= 0.6 is 15.9 Å². The van der Waals surface area contributed by atoms with Gasteiger partial charge in [0.2, 0.25) is 5.88 Å². The molecular formula is C31H24BrF3N4O4. The minimum Gasteiger partial charge on any atom is -0.473 e. The van der Waals surface area contributed by atoms with Crippen molar-refractivity contribution in [3.8, 4) is 17.1 Å². The van der Waals surface area contributed by atoms with Gasteiger partial charge in [-0.25, -0.2) is 32.9 Å². The Hall–Kier alpha value is -4.29. The van der Waals surface area contributed by atoms with E-state index in [1.807, 2.05) is 4.57 Å². The number of hydrogen-bond donors (Lipinski definition) is 0. The third-order valence-electron chi connectivity index (χ3n) is 7.18. The van der Waals surface area contributed by atoms with E-state index in [2.05, 4.69) is 30.9 Å². The van der Waals surface area contributed by atoms with Crippen LogP contribution in [0.1, 0.15) is 33.7 Å². The predicted molar refractivity (Wildman–Crippen MR) is 154 cm³/mol. The Bertz CT molecular complexity index is 1840. The average Bonchev–Trinajstić information content (AvgIpc) is 3.31. The van der Waals surface area contributed by atoms with Crippen molar-refractivity contribution in [1.29, 1.82) is 0 Å². The molecule has 0 radical (unpaired) electrons. The van der Waals surface area contributed by atoms with Gasteiger partial charge >= 0.3 is 5.97 Å². The van der Waals surface area contributed by atoms with Crippen LogP contribution in [0.4, 0.5) is 13.2 Å². The van der Waals surface area contributed by atoms with Crippen LogP contribution in [0.15, 0.2) is 65.4 Å². The standard InChI is InChI=1S/C31H24BrF3N4O4/c1-41-31(40)17-5-6-26-27(10-17)39(15-20-7-8-42-20)29(37-26)11-18-9-24(35)21(12-22(18)33)25-3-2-4-30(38-25)43-16-19-14-36-28(32)13-23(19)34/h2-6,9-10,12-14,20H,7-8,11,15-16H2,1H3/t20-/m0/s1. The number of esters is 1. The second kappa shape index (κ2) is 12.1. The Labute approximate surface area is 252 Å². The second-order valence-corrected chi connectivity index (χ2v) is 10.8. The number of pyridine rings is 2. The topological polar surface area (TPSA) is 88.4 Å². The summed E-state index contributed by atoms with van der Waals surface area (Å²) in [5, 5.41) is 0. The molecule has 1 aliphatic rings. The van der Waals surface area contributed by atoms with Crippen molar-refractivity contribution in [2.24, 2.45) is 0 Å². The first-order valence-electron chi connectivity index (χ1n) is 13.4. The highest BCUT2D eigenvalue weighted by Crippen LogP contribution is 2.29. The smallest absolute Gasteiger partial charge is 0.337 e. The van der Waals surface area contributed by atoms with Crippen LogP contribution in [-0.2, 0) is 29.0 Å². The summed E-state index contributed by atoms with van der Waals surface area (Å²) < 4.78 is 63.4. The molecule has 1 aliphatic heterocycles. The Morgan fingerprint density at radius 2 is 1.86 bits per heavy atom. The summed E-state index contributed by atoms with van der Waals surface area (Å²) in [4.78, 5) is 25.1. The van der Waals surface area contributed by atoms with Gasteiger partial charge in [-0.05, 0) is 64.3 Å². The molecule has 6 rings (SSSR count). The lowest BCUT2D eigenvalue weighted by Crippen LogP contribution is -2.31. The van der Waals surface area contributed by atoms with Gasteiger partial charge < -0.3 is 18.8 Å². The van der Waals surface area contributed by atoms with E-state index in [4.69, 9.17) is 14.2 Å². The molecule has 1 atom stereocenters. The molecule has 5 aromatic rings. The first-order valence-corrected chi connectivity index (χ1v) is 14.2. The Kier molecular flexibility index (Phi) is 8.13. The molecule has 0 saturated carbocycles. The Morgan fingerprint density at radius 1 is 1.05 bits per heavy atom. The normalized spacial score (nSPS) is 14.5. The first-order chi connectivity index (χ1) is 20.8. The summed E-state index contributed by atoms with van der Waals surface area (Å²) in [5.74, 6) is -1.69. The number of methoxy groups -OCH3 is 1. The maximum atomic E-state index is 15.5. The number of fused-ring (bicyclic) bond motifs is 1. The van der Waals surface area contributed by atoms with E-state index >= 15 is 8.78 Å². The fourth-order valence-corrected chi connectivity index (χ4v) is 5.12. The lowest BCUT2D eigenvalue weighted by Gasteiger charge is -2.27. The van der Waals surface area contributed by atoms with Crippen molar-refractivity contribution in [2.75, 3.05) is 13.7 Å². The van der Waals surface area contributed by atoms with E-state index < -0.39 is 23.4 Å². The van der Waals surface area contributed by atoms with Crippen LogP contribution in [0.5, 0.6) is 5.88 Å². The third kappa shape index (κ3) is 6.11. The summed E-state index contributed by atoms with van der Waals surface area (Å²) in [5.41, 5.74) is 2.06. The molecule has 8 nitrogen and oxygen atoms in total. The highest BCUT2D eigenvalue weighted by molar-refractivity contribution is 9.10. The quantitative estimate of drug-likeness (QED) is 0.134. The van der Waals surface area contributed by atoms with Gasteiger partial charge in [0.05, 0.1) is 42.0 Å². The number of ether oxygens (including phenoxy) is 3. The molecule has 0 aliphatic carbocycles. The highest BCUT2D eigenvalue weighted by Gasteiger charge is 2.24. The maximum Gasteiger partial charge on any atom is 0.337 e. The molecule has 1 fully saturated rings. The van der Waals surface area contributed by atoms with Gasteiger partial charge in [0, 0.05) is 42.5 Å². The molecule has 3 aromatic heterocycles. The van der Waals surface area contributed by atoms with E-state index in [9.17, 15) is 9.18 Å². The number of nitrogens with zero attached hydrogens (tertiary/aromatic N) is 4. The molecule has 0 bridgehead atoms. The molecule has 43 heavy (non-hydrogen) atoms. The summed E-state index contributed by atoms with van der Waals surface area (Å²) in [6.07, 6.45) is 2.15. The van der Waals surface area contributed by atoms with Crippen LogP contribution in [0, 0.1) is 17.5 Å². The number of carbonyl (C=O) groups excluding carboxylic acids is 1. The van der Waals surface area contributed by atoms with Gasteiger partial charge in [0.15, 0.2) is 0 Å². The van der Waals surface area contributed by atoms with Crippen molar-refractivity contribution in [3.63, 3.8) is 0 Å². The summed E-state index contributed by atoms with van der Waals surface area (Å²) in [7, 11) is 1.31. The number of imidazole rings is 1. The van der Waals surface area contributed by atoms with Crippen molar-refractivity contribution >= 4 is 32.9 Å². The maximum absolute atomic E-state index is 15.5. The Morgan fingerprint density at radius 3 is 2.60 bits per heavy atom. The van der Waals surface area contributed by atoms with Crippen molar-refractivity contribution < 1.29 is 32.2 Å². The van der Waals surface area contributed by atoms with Gasteiger partial charge in [0.1, 0.15) is 34.5 Å². The zero-order valence-corrected chi connectivity index (χ0v) is 24.4. The molecule has 12 heteroatoms. The summed E-state index contributed by atoms with van der Waals surface area (Å²) in [6, 6.07) is 13.1. The SMILES string of the molecule is COC(=O)c1ccc2nc(Cc3cc(F)c(-c4cccc(OCc5cnc(Br)cc5F)n4)cc3F)n(C[C@@H]3CCO3)c2c1. The van der Waals surface area contributed by atoms with Gasteiger partial charge in [-0.15, -0.1) is 0 Å². The molecule has 0 spiro atoms. The second-order valence-electron chi connectivity index (χ2n) is 9.96. The molecular weight excluding hydrogens is 629 g/mol. The number of hydrogen-bond acceptors (Lipinski definition) is 7. The molecule has 1 saturated heterocycles. The number of benzene rings is 2. The predicted octanol–water partition coefficient (Wildman–Crippen LogP) is 6.42. The van der Waals surface area contributed by atoms with E-state index in [0.29, 0.717) is 40.2 Å². The number of carbonyl (C=O) groups is 1. The van der Waals surface area contributed by atoms with E-state index in [1.54, 1.807) is 24.3 Å². The minimum atomic E-state index is -0.679. The fourth-order valence-electron chi connectivity index (χ4n) is 4.82. The van der Waals surface area contributed by atoms with Crippen LogP contribution in [-0.4, -0.2) is 45.3 Å². The molecule has 2 aromatic carbocycles. The molecule has 0 N–H and O–H groups in total. The van der Waals surface area contributed by atoms with Gasteiger partial charge in [-0.3, -0.25) is 0 Å². The van der Waals surface area contributed by atoms with Gasteiger partial charge in [-0.1, -0.05) is 6.07 Å². The fraction of sp³-hybridized carbons (Fsp3) is 0.226. The zero-order valence-electron chi connectivity index (χ0n) is 22.8. The van der Waals surface area contributed by atoms with E-state index in [1.165, 1.54) is 31.5 Å². The molecule has 0 amide bonds. The highest BCUT2D eigenvalue weighted by atomic mass is 79.9. The first kappa shape index (κ1) is 28.8. The van der Waals surface area contributed by atoms with Crippen LogP contribution < -0.4 is 4.74 Å². The zero-order chi connectivity index (χ0) is 30.1. The van der Waals surface area contributed by atoms with Crippen LogP contribution in [0.3, 0.4) is 0 Å². The average molecular weight is 653 g/mol. The largest absolute Gasteiger partial charge is 0.473 e. The monoisotopic (exact) mass is 652 g/mol. The van der Waals surface area contributed by atoms with Gasteiger partial charge in [0.25, 0.3) is 0 Å². The Balaban J connectivity index is 1.27. The third-order valence-corrected chi connectivity index (χ3v) is 7.62. The van der Waals surface area contributed by atoms with Crippen LogP contribution in [0.25, 0.3) is 22.3 Å².